The monoisotopic (exact) mass is 535 g/mol. The van der Waals surface area contributed by atoms with Crippen molar-refractivity contribution in [3.05, 3.63) is 29.3 Å². The van der Waals surface area contributed by atoms with Gasteiger partial charge >= 0.3 is 6.09 Å². The summed E-state index contributed by atoms with van der Waals surface area (Å²) in [4.78, 5) is 52.4. The molecule has 2 aliphatic rings. The normalized spacial score (nSPS) is 22.9. The summed E-state index contributed by atoms with van der Waals surface area (Å²) in [6.07, 6.45) is -0.0313. The van der Waals surface area contributed by atoms with E-state index in [-0.39, 0.29) is 23.8 Å². The molecule has 1 aliphatic heterocycles. The Balaban J connectivity index is 1.99. The van der Waals surface area contributed by atoms with Crippen LogP contribution in [0.4, 0.5) is 4.79 Å². The van der Waals surface area contributed by atoms with Gasteiger partial charge in [0.25, 0.3) is 5.91 Å². The lowest BCUT2D eigenvalue weighted by atomic mass is 9.71. The van der Waals surface area contributed by atoms with Crippen LogP contribution in [-0.4, -0.2) is 71.5 Å². The van der Waals surface area contributed by atoms with Gasteiger partial charge in [0.1, 0.15) is 5.54 Å². The maximum atomic E-state index is 13.9. The molecule has 0 bridgehead atoms. The average molecular weight is 536 g/mol. The summed E-state index contributed by atoms with van der Waals surface area (Å²) in [6, 6.07) is 3.71. The van der Waals surface area contributed by atoms with Crippen LogP contribution < -0.4 is 10.6 Å². The van der Waals surface area contributed by atoms with Gasteiger partial charge in [-0.15, -0.1) is 0 Å². The van der Waals surface area contributed by atoms with Gasteiger partial charge in [-0.1, -0.05) is 45.4 Å². The molecule has 204 valence electrons. The van der Waals surface area contributed by atoms with Crippen molar-refractivity contribution >= 4 is 33.5 Å². The molecule has 0 aromatic heterocycles. The van der Waals surface area contributed by atoms with E-state index in [4.69, 9.17) is 0 Å². The lowest BCUT2D eigenvalue weighted by molar-refractivity contribution is -0.143. The van der Waals surface area contributed by atoms with Crippen molar-refractivity contribution in [2.75, 3.05) is 6.54 Å². The van der Waals surface area contributed by atoms with Crippen LogP contribution in [0.15, 0.2) is 23.1 Å². The first kappa shape index (κ1) is 28.6. The molecular formula is C26H37N3O7S. The van der Waals surface area contributed by atoms with E-state index < -0.39 is 62.3 Å². The second-order valence-corrected chi connectivity index (χ2v) is 13.4. The molecular weight excluding hydrogens is 498 g/mol. The first-order valence-electron chi connectivity index (χ1n) is 12.5. The number of nitrogens with zero attached hydrogens (tertiary/aromatic N) is 1. The Kier molecular flexibility index (Phi) is 7.79. The summed E-state index contributed by atoms with van der Waals surface area (Å²) < 4.78 is 27.4. The van der Waals surface area contributed by atoms with Crippen molar-refractivity contribution in [3.8, 4) is 0 Å². The number of aryl methyl sites for hydroxylation is 2. The molecule has 11 heteroatoms. The molecule has 0 spiro atoms. The van der Waals surface area contributed by atoms with Crippen LogP contribution in [0.25, 0.3) is 0 Å². The van der Waals surface area contributed by atoms with Gasteiger partial charge in [-0.05, 0) is 56.6 Å². The Bertz CT molecular complexity index is 1220. The van der Waals surface area contributed by atoms with E-state index in [9.17, 15) is 32.7 Å². The summed E-state index contributed by atoms with van der Waals surface area (Å²) in [7, 11) is -4.00. The van der Waals surface area contributed by atoms with Crippen LogP contribution in [0, 0.1) is 19.3 Å². The van der Waals surface area contributed by atoms with E-state index in [0.29, 0.717) is 5.56 Å². The third-order valence-corrected chi connectivity index (χ3v) is 9.72. The van der Waals surface area contributed by atoms with Crippen molar-refractivity contribution < 1.29 is 32.7 Å². The van der Waals surface area contributed by atoms with E-state index in [1.54, 1.807) is 46.8 Å². The van der Waals surface area contributed by atoms with Crippen LogP contribution in [0.2, 0.25) is 0 Å². The van der Waals surface area contributed by atoms with Gasteiger partial charge < -0.3 is 15.7 Å². The van der Waals surface area contributed by atoms with Crippen molar-refractivity contribution in [2.45, 2.75) is 95.0 Å². The van der Waals surface area contributed by atoms with Crippen molar-refractivity contribution in [3.63, 3.8) is 0 Å². The molecule has 37 heavy (non-hydrogen) atoms. The largest absolute Gasteiger partial charge is 0.465 e. The van der Waals surface area contributed by atoms with E-state index in [1.807, 2.05) is 6.92 Å². The van der Waals surface area contributed by atoms with Crippen LogP contribution in [0.5, 0.6) is 0 Å². The number of carbonyl (C=O) groups excluding carboxylic acids is 3. The quantitative estimate of drug-likeness (QED) is 0.433. The number of carboxylic acid groups (broad SMARTS) is 1. The zero-order chi connectivity index (χ0) is 27.9. The second-order valence-electron chi connectivity index (χ2n) is 11.2. The van der Waals surface area contributed by atoms with E-state index in [1.165, 1.54) is 6.07 Å². The Morgan fingerprint density at radius 2 is 1.78 bits per heavy atom. The number of amides is 3. The molecule has 3 atom stereocenters. The fraction of sp³-hybridized carbons (Fsp3) is 0.615. The number of Topliss-reactive ketones (excluding diaryl/α,β-unsaturated/α-hetero) is 1. The van der Waals surface area contributed by atoms with Crippen molar-refractivity contribution in [2.24, 2.45) is 5.41 Å². The maximum Gasteiger partial charge on any atom is 0.408 e. The zero-order valence-electron chi connectivity index (χ0n) is 22.3. The minimum Gasteiger partial charge on any atom is -0.465 e. The molecule has 1 saturated heterocycles. The smallest absolute Gasteiger partial charge is 0.408 e. The molecule has 0 radical (unpaired) electrons. The van der Waals surface area contributed by atoms with Gasteiger partial charge in [0, 0.05) is 12.6 Å². The number of hydrogen-bond donors (Lipinski definition) is 3. The fourth-order valence-electron chi connectivity index (χ4n) is 5.15. The third-order valence-electron chi connectivity index (χ3n) is 7.46. The highest BCUT2D eigenvalue weighted by Crippen LogP contribution is 2.47. The topological polar surface area (TPSA) is 150 Å². The lowest BCUT2D eigenvalue weighted by Gasteiger charge is -2.45. The standard InChI is InChI=1S/C26H37N3O7S/c1-7-19(21(30)22(31)27-17-9-10-17)28-23(32)26(25(4,5)6)13-18(14-29(26)24(33)34)37(35,36)20-11-8-15(2)12-16(20)3/h8,11-12,17-19H,7,9-10,13-14H2,1-6H3,(H,27,31)(H,28,32)(H,33,34)/t18-,19+,26-/m1/s1. The number of hydrogen-bond acceptors (Lipinski definition) is 6. The average Bonchev–Trinajstić information content (AvgIpc) is 3.48. The van der Waals surface area contributed by atoms with Crippen molar-refractivity contribution in [1.82, 2.24) is 15.5 Å². The Morgan fingerprint density at radius 1 is 1.16 bits per heavy atom. The highest BCUT2D eigenvalue weighted by atomic mass is 32.2. The summed E-state index contributed by atoms with van der Waals surface area (Å²) in [6.45, 7) is 9.75. The van der Waals surface area contributed by atoms with Gasteiger partial charge in [0.15, 0.2) is 9.84 Å². The van der Waals surface area contributed by atoms with E-state index >= 15 is 0 Å². The first-order valence-corrected chi connectivity index (χ1v) is 14.1. The SMILES string of the molecule is CC[C@H](NC(=O)[C@@]1(C(C)(C)C)C[C@@H](S(=O)(=O)c2ccc(C)cc2C)CN1C(=O)O)C(=O)C(=O)NC1CC1. The van der Waals surface area contributed by atoms with Crippen LogP contribution >= 0.6 is 0 Å². The minimum absolute atomic E-state index is 0.0425. The van der Waals surface area contributed by atoms with Gasteiger partial charge in [0.05, 0.1) is 16.2 Å². The predicted molar refractivity (Wildman–Crippen MR) is 137 cm³/mol. The summed E-state index contributed by atoms with van der Waals surface area (Å²) in [5.41, 5.74) is -1.41. The van der Waals surface area contributed by atoms with Crippen LogP contribution in [0.1, 0.15) is 64.5 Å². The summed E-state index contributed by atoms with van der Waals surface area (Å²) in [5.74, 6) is -2.40. The summed E-state index contributed by atoms with van der Waals surface area (Å²) in [5, 5.41) is 14.1. The summed E-state index contributed by atoms with van der Waals surface area (Å²) >= 11 is 0. The van der Waals surface area contributed by atoms with E-state index in [2.05, 4.69) is 10.6 Å². The van der Waals surface area contributed by atoms with Gasteiger partial charge in [-0.3, -0.25) is 19.3 Å². The minimum atomic E-state index is -4.00. The molecule has 3 amide bonds. The molecule has 1 aromatic carbocycles. The Hall–Kier alpha value is -2.95. The zero-order valence-corrected chi connectivity index (χ0v) is 23.1. The van der Waals surface area contributed by atoms with Gasteiger partial charge in [-0.2, -0.15) is 0 Å². The van der Waals surface area contributed by atoms with Gasteiger partial charge in [0.2, 0.25) is 11.7 Å². The fourth-order valence-corrected chi connectivity index (χ4v) is 7.08. The van der Waals surface area contributed by atoms with Crippen LogP contribution in [-0.2, 0) is 24.2 Å². The predicted octanol–water partition coefficient (Wildman–Crippen LogP) is 2.36. The molecule has 10 nitrogen and oxygen atoms in total. The highest BCUT2D eigenvalue weighted by molar-refractivity contribution is 7.92. The number of benzene rings is 1. The maximum absolute atomic E-state index is 13.9. The molecule has 3 N–H and O–H groups in total. The number of carbonyl (C=O) groups is 4. The second kappa shape index (κ2) is 10.1. The first-order chi connectivity index (χ1) is 17.1. The molecule has 1 aliphatic carbocycles. The van der Waals surface area contributed by atoms with Gasteiger partial charge in [-0.25, -0.2) is 13.2 Å². The third kappa shape index (κ3) is 5.37. The molecule has 1 saturated carbocycles. The Labute approximate surface area is 218 Å². The van der Waals surface area contributed by atoms with Crippen molar-refractivity contribution in [1.29, 1.82) is 0 Å². The number of sulfone groups is 1. The number of ketones is 1. The number of likely N-dealkylation sites (tertiary alicyclic amines) is 1. The Morgan fingerprint density at radius 3 is 2.27 bits per heavy atom. The molecule has 1 heterocycles. The molecule has 1 aromatic rings. The molecule has 0 unspecified atom stereocenters. The van der Waals surface area contributed by atoms with E-state index in [0.717, 1.165) is 23.3 Å². The van der Waals surface area contributed by atoms with Crippen LogP contribution in [0.3, 0.4) is 0 Å². The molecule has 2 fully saturated rings. The molecule has 3 rings (SSSR count). The highest BCUT2D eigenvalue weighted by Gasteiger charge is 2.62. The number of rotatable bonds is 8. The number of nitrogens with one attached hydrogen (secondary N) is 2. The lowest BCUT2D eigenvalue weighted by Crippen LogP contribution is -2.66.